The Kier molecular flexibility index (Phi) is 4.63. The molecule has 116 valence electrons. The van der Waals surface area contributed by atoms with E-state index in [2.05, 4.69) is 25.8 Å². The van der Waals surface area contributed by atoms with Gasteiger partial charge in [-0.05, 0) is 35.9 Å². The summed E-state index contributed by atoms with van der Waals surface area (Å²) in [6.45, 7) is 0.522. The fourth-order valence-corrected chi connectivity index (χ4v) is 2.13. The molecule has 2 N–H and O–H groups in total. The van der Waals surface area contributed by atoms with Crippen molar-refractivity contribution in [2.75, 3.05) is 10.6 Å². The maximum atomic E-state index is 12.9. The summed E-state index contributed by atoms with van der Waals surface area (Å²) in [5.41, 5.74) is 1.64. The molecular formula is C16H13ClFN5. The van der Waals surface area contributed by atoms with E-state index in [0.717, 1.165) is 5.56 Å². The molecule has 2 aromatic carbocycles. The van der Waals surface area contributed by atoms with E-state index in [1.165, 1.54) is 18.3 Å². The summed E-state index contributed by atoms with van der Waals surface area (Å²) < 4.78 is 12.9. The van der Waals surface area contributed by atoms with E-state index in [4.69, 9.17) is 11.6 Å². The lowest BCUT2D eigenvalue weighted by Gasteiger charge is -2.08. The second-order valence-electron chi connectivity index (χ2n) is 4.74. The second-order valence-corrected chi connectivity index (χ2v) is 5.15. The molecule has 5 nitrogen and oxygen atoms in total. The molecule has 0 atom stereocenters. The highest BCUT2D eigenvalue weighted by Crippen LogP contribution is 2.17. The van der Waals surface area contributed by atoms with Gasteiger partial charge in [-0.3, -0.25) is 0 Å². The Hall–Kier alpha value is -2.73. The molecule has 0 saturated carbocycles. The topological polar surface area (TPSA) is 62.7 Å². The smallest absolute Gasteiger partial charge is 0.249 e. The molecule has 0 saturated heterocycles. The predicted octanol–water partition coefficient (Wildman–Crippen LogP) is 4.02. The zero-order valence-electron chi connectivity index (χ0n) is 12.0. The van der Waals surface area contributed by atoms with Crippen molar-refractivity contribution in [1.29, 1.82) is 0 Å². The summed E-state index contributed by atoms with van der Waals surface area (Å²) in [6, 6.07) is 13.5. The van der Waals surface area contributed by atoms with Crippen LogP contribution in [0, 0.1) is 5.82 Å². The third-order valence-electron chi connectivity index (χ3n) is 3.08. The number of aromatic nitrogens is 3. The van der Waals surface area contributed by atoms with Crippen LogP contribution < -0.4 is 10.6 Å². The van der Waals surface area contributed by atoms with Gasteiger partial charge in [0.05, 0.1) is 6.20 Å². The van der Waals surface area contributed by atoms with Gasteiger partial charge in [0.15, 0.2) is 5.82 Å². The summed E-state index contributed by atoms with van der Waals surface area (Å²) in [4.78, 5) is 4.30. The van der Waals surface area contributed by atoms with Crippen LogP contribution in [-0.2, 0) is 6.54 Å². The Morgan fingerprint density at radius 2 is 1.83 bits per heavy atom. The molecular weight excluding hydrogens is 317 g/mol. The van der Waals surface area contributed by atoms with Crippen LogP contribution in [0.2, 0.25) is 5.02 Å². The third-order valence-corrected chi connectivity index (χ3v) is 3.45. The molecule has 0 radical (unpaired) electrons. The van der Waals surface area contributed by atoms with Crippen LogP contribution in [0.4, 0.5) is 21.8 Å². The first-order chi connectivity index (χ1) is 11.2. The average molecular weight is 330 g/mol. The Morgan fingerprint density at radius 3 is 2.61 bits per heavy atom. The molecule has 0 spiro atoms. The van der Waals surface area contributed by atoms with Crippen LogP contribution in [0.25, 0.3) is 0 Å². The molecule has 0 bridgehead atoms. The lowest BCUT2D eigenvalue weighted by atomic mass is 10.2. The minimum atomic E-state index is -0.301. The number of rotatable bonds is 5. The van der Waals surface area contributed by atoms with E-state index in [0.29, 0.717) is 29.0 Å². The largest absolute Gasteiger partial charge is 0.364 e. The zero-order valence-corrected chi connectivity index (χ0v) is 12.8. The highest BCUT2D eigenvalue weighted by Gasteiger charge is 2.03. The molecule has 1 heterocycles. The van der Waals surface area contributed by atoms with Crippen LogP contribution in [0.5, 0.6) is 0 Å². The van der Waals surface area contributed by atoms with Gasteiger partial charge < -0.3 is 10.6 Å². The van der Waals surface area contributed by atoms with Gasteiger partial charge in [0.2, 0.25) is 5.95 Å². The van der Waals surface area contributed by atoms with Crippen molar-refractivity contribution in [2.24, 2.45) is 0 Å². The van der Waals surface area contributed by atoms with Crippen molar-refractivity contribution in [3.8, 4) is 0 Å². The first kappa shape index (κ1) is 15.2. The Labute approximate surface area is 137 Å². The Bertz CT molecular complexity index is 794. The van der Waals surface area contributed by atoms with E-state index in [1.54, 1.807) is 12.1 Å². The van der Waals surface area contributed by atoms with Crippen LogP contribution in [0.15, 0.2) is 54.7 Å². The van der Waals surface area contributed by atoms with Crippen molar-refractivity contribution >= 4 is 29.1 Å². The first-order valence-corrected chi connectivity index (χ1v) is 7.28. The van der Waals surface area contributed by atoms with Crippen molar-refractivity contribution in [3.63, 3.8) is 0 Å². The van der Waals surface area contributed by atoms with Crippen molar-refractivity contribution < 1.29 is 4.39 Å². The number of nitrogens with one attached hydrogen (secondary N) is 2. The zero-order chi connectivity index (χ0) is 16.1. The summed E-state index contributed by atoms with van der Waals surface area (Å²) in [6.07, 6.45) is 1.52. The van der Waals surface area contributed by atoms with Gasteiger partial charge in [-0.1, -0.05) is 29.8 Å². The Balaban J connectivity index is 1.67. The van der Waals surface area contributed by atoms with Crippen LogP contribution in [0.1, 0.15) is 5.56 Å². The van der Waals surface area contributed by atoms with E-state index >= 15 is 0 Å². The molecule has 3 rings (SSSR count). The maximum absolute atomic E-state index is 12.9. The third kappa shape index (κ3) is 4.14. The van der Waals surface area contributed by atoms with E-state index < -0.39 is 0 Å². The standard InChI is InChI=1S/C16H13ClFN5/c17-14-4-2-1-3-11(14)9-19-15-10-20-23-16(22-15)21-13-7-5-12(18)6-8-13/h1-8,10H,9H2,(H2,19,21,22,23). The maximum Gasteiger partial charge on any atom is 0.249 e. The fraction of sp³-hybridized carbons (Fsp3) is 0.0625. The minimum absolute atomic E-state index is 0.301. The van der Waals surface area contributed by atoms with Crippen LogP contribution in [-0.4, -0.2) is 15.2 Å². The molecule has 0 aliphatic rings. The van der Waals surface area contributed by atoms with Gasteiger partial charge in [0.25, 0.3) is 0 Å². The number of halogens is 2. The summed E-state index contributed by atoms with van der Waals surface area (Å²) in [7, 11) is 0. The van der Waals surface area contributed by atoms with E-state index in [-0.39, 0.29) is 5.82 Å². The van der Waals surface area contributed by atoms with Gasteiger partial charge >= 0.3 is 0 Å². The molecule has 0 amide bonds. The van der Waals surface area contributed by atoms with Gasteiger partial charge in [-0.25, -0.2) is 4.39 Å². The molecule has 0 unspecified atom stereocenters. The molecule has 3 aromatic rings. The number of hydrogen-bond donors (Lipinski definition) is 2. The van der Waals surface area contributed by atoms with Crippen LogP contribution >= 0.6 is 11.6 Å². The monoisotopic (exact) mass is 329 g/mol. The number of anilines is 3. The molecule has 0 aliphatic carbocycles. The number of hydrogen-bond acceptors (Lipinski definition) is 5. The molecule has 23 heavy (non-hydrogen) atoms. The quantitative estimate of drug-likeness (QED) is 0.740. The van der Waals surface area contributed by atoms with Crippen LogP contribution in [0.3, 0.4) is 0 Å². The summed E-state index contributed by atoms with van der Waals surface area (Å²) in [5, 5.41) is 14.6. The number of benzene rings is 2. The van der Waals surface area contributed by atoms with Gasteiger partial charge in [0, 0.05) is 17.3 Å². The Morgan fingerprint density at radius 1 is 1.04 bits per heavy atom. The van der Waals surface area contributed by atoms with Crippen molar-refractivity contribution in [2.45, 2.75) is 6.54 Å². The molecule has 1 aromatic heterocycles. The van der Waals surface area contributed by atoms with Gasteiger partial charge in [-0.15, -0.1) is 5.10 Å². The average Bonchev–Trinajstić information content (AvgIpc) is 2.57. The predicted molar refractivity (Wildman–Crippen MR) is 88.3 cm³/mol. The number of nitrogens with zero attached hydrogens (tertiary/aromatic N) is 3. The van der Waals surface area contributed by atoms with Crippen molar-refractivity contribution in [1.82, 2.24) is 15.2 Å². The lowest BCUT2D eigenvalue weighted by molar-refractivity contribution is 0.628. The highest BCUT2D eigenvalue weighted by atomic mass is 35.5. The highest BCUT2D eigenvalue weighted by molar-refractivity contribution is 6.31. The normalized spacial score (nSPS) is 10.3. The molecule has 0 fully saturated rings. The SMILES string of the molecule is Fc1ccc(Nc2nncc(NCc3ccccc3Cl)n2)cc1. The lowest BCUT2D eigenvalue weighted by Crippen LogP contribution is -2.06. The first-order valence-electron chi connectivity index (χ1n) is 6.90. The van der Waals surface area contributed by atoms with Gasteiger partial charge in [-0.2, -0.15) is 10.1 Å². The summed E-state index contributed by atoms with van der Waals surface area (Å²) >= 11 is 6.11. The summed E-state index contributed by atoms with van der Waals surface area (Å²) in [5.74, 6) is 0.579. The van der Waals surface area contributed by atoms with Gasteiger partial charge in [0.1, 0.15) is 5.82 Å². The van der Waals surface area contributed by atoms with Crippen molar-refractivity contribution in [3.05, 3.63) is 71.1 Å². The minimum Gasteiger partial charge on any atom is -0.364 e. The van der Waals surface area contributed by atoms with E-state index in [1.807, 2.05) is 24.3 Å². The molecule has 7 heteroatoms. The van der Waals surface area contributed by atoms with E-state index in [9.17, 15) is 4.39 Å². The molecule has 0 aliphatic heterocycles. The second kappa shape index (κ2) is 7.02. The fourth-order valence-electron chi connectivity index (χ4n) is 1.93.